The summed E-state index contributed by atoms with van der Waals surface area (Å²) < 4.78 is 5.15. The molecule has 0 aliphatic heterocycles. The highest BCUT2D eigenvalue weighted by molar-refractivity contribution is 8.00. The quantitative estimate of drug-likeness (QED) is 0.307. The molecular weight excluding hydrogens is 450 g/mol. The third-order valence-corrected chi connectivity index (χ3v) is 5.83. The van der Waals surface area contributed by atoms with Crippen LogP contribution in [0.1, 0.15) is 21.5 Å². The summed E-state index contributed by atoms with van der Waals surface area (Å²) in [4.78, 5) is 40.9. The van der Waals surface area contributed by atoms with E-state index < -0.39 is 5.97 Å². The van der Waals surface area contributed by atoms with Gasteiger partial charge >= 0.3 is 5.97 Å². The number of thioether (sulfide) groups is 1. The number of nitrogens with one attached hydrogen (secondary N) is 2. The number of ether oxygens (including phenoxy) is 1. The molecule has 1 aromatic heterocycles. The first-order chi connectivity index (χ1) is 16.6. The van der Waals surface area contributed by atoms with Crippen LogP contribution in [0.25, 0.3) is 0 Å². The van der Waals surface area contributed by atoms with E-state index in [0.717, 1.165) is 29.3 Å². The molecule has 0 spiro atoms. The Hall–Kier alpha value is -3.65. The van der Waals surface area contributed by atoms with Crippen molar-refractivity contribution >= 4 is 29.5 Å². The van der Waals surface area contributed by atoms with Crippen molar-refractivity contribution in [2.75, 3.05) is 25.4 Å². The highest BCUT2D eigenvalue weighted by Crippen LogP contribution is 2.20. The van der Waals surface area contributed by atoms with Gasteiger partial charge in [-0.1, -0.05) is 72.4 Å². The Balaban J connectivity index is 1.39. The Morgan fingerprint density at radius 3 is 1.97 bits per heavy atom. The van der Waals surface area contributed by atoms with Crippen molar-refractivity contribution in [3.63, 3.8) is 0 Å². The van der Waals surface area contributed by atoms with Crippen LogP contribution in [-0.2, 0) is 27.2 Å². The second kappa shape index (κ2) is 13.8. The van der Waals surface area contributed by atoms with E-state index in [1.807, 2.05) is 60.7 Å². The van der Waals surface area contributed by atoms with Gasteiger partial charge in [0, 0.05) is 19.3 Å². The summed E-state index contributed by atoms with van der Waals surface area (Å²) in [6, 6.07) is 22.9. The molecule has 0 saturated carbocycles. The number of benzene rings is 2. The highest BCUT2D eigenvalue weighted by Gasteiger charge is 2.16. The predicted molar refractivity (Wildman–Crippen MR) is 132 cm³/mol. The fourth-order valence-electron chi connectivity index (χ4n) is 3.09. The van der Waals surface area contributed by atoms with Crippen molar-refractivity contribution in [3.05, 3.63) is 95.7 Å². The van der Waals surface area contributed by atoms with Gasteiger partial charge in [0.05, 0.1) is 11.3 Å². The van der Waals surface area contributed by atoms with Crippen molar-refractivity contribution in [1.82, 2.24) is 15.6 Å². The summed E-state index contributed by atoms with van der Waals surface area (Å²) in [5.74, 6) is -1.06. The summed E-state index contributed by atoms with van der Waals surface area (Å²) in [6.45, 7) is 0.597. The van der Waals surface area contributed by atoms with Crippen molar-refractivity contribution in [1.29, 1.82) is 0 Å². The maximum atomic E-state index is 12.5. The molecule has 2 N–H and O–H groups in total. The number of aromatic nitrogens is 1. The Labute approximate surface area is 203 Å². The van der Waals surface area contributed by atoms with Gasteiger partial charge in [0.15, 0.2) is 6.61 Å². The van der Waals surface area contributed by atoms with E-state index >= 15 is 0 Å². The molecule has 0 saturated heterocycles. The van der Waals surface area contributed by atoms with E-state index in [4.69, 9.17) is 4.74 Å². The normalized spacial score (nSPS) is 10.4. The number of pyridine rings is 1. The number of hydrogen-bond acceptors (Lipinski definition) is 6. The number of hydrogen-bond donors (Lipinski definition) is 2. The van der Waals surface area contributed by atoms with Crippen LogP contribution in [-0.4, -0.2) is 48.2 Å². The average Bonchev–Trinajstić information content (AvgIpc) is 2.87. The molecule has 0 aliphatic carbocycles. The zero-order chi connectivity index (χ0) is 24.0. The summed E-state index contributed by atoms with van der Waals surface area (Å²) in [5, 5.41) is 5.98. The van der Waals surface area contributed by atoms with Crippen LogP contribution in [0.4, 0.5) is 0 Å². The SMILES string of the molecule is O=C(COC(=O)c1cccnc1SCC(=O)NCCc1ccccc1)NCCc1ccccc1. The Bertz CT molecular complexity index is 1080. The second-order valence-corrected chi connectivity index (χ2v) is 8.36. The number of rotatable bonds is 12. The fourth-order valence-corrected chi connectivity index (χ4v) is 3.90. The van der Waals surface area contributed by atoms with Gasteiger partial charge in [0.1, 0.15) is 5.03 Å². The maximum absolute atomic E-state index is 12.5. The number of carbonyl (C=O) groups is 3. The van der Waals surface area contributed by atoms with Gasteiger partial charge in [0.25, 0.3) is 5.91 Å². The van der Waals surface area contributed by atoms with E-state index in [1.165, 1.54) is 0 Å². The Morgan fingerprint density at radius 1 is 0.765 bits per heavy atom. The Morgan fingerprint density at radius 2 is 1.35 bits per heavy atom. The molecule has 8 heteroatoms. The van der Waals surface area contributed by atoms with Gasteiger partial charge < -0.3 is 15.4 Å². The van der Waals surface area contributed by atoms with Gasteiger partial charge in [-0.2, -0.15) is 0 Å². The van der Waals surface area contributed by atoms with Crippen LogP contribution in [0.3, 0.4) is 0 Å². The molecule has 0 aliphatic rings. The minimum absolute atomic E-state index is 0.117. The highest BCUT2D eigenvalue weighted by atomic mass is 32.2. The third-order valence-electron chi connectivity index (χ3n) is 4.82. The summed E-state index contributed by atoms with van der Waals surface area (Å²) >= 11 is 1.15. The van der Waals surface area contributed by atoms with Crippen LogP contribution in [0.5, 0.6) is 0 Å². The maximum Gasteiger partial charge on any atom is 0.341 e. The fraction of sp³-hybridized carbons (Fsp3) is 0.231. The van der Waals surface area contributed by atoms with Crippen LogP contribution in [0.15, 0.2) is 84.0 Å². The minimum atomic E-state index is -0.654. The van der Waals surface area contributed by atoms with E-state index in [-0.39, 0.29) is 29.7 Å². The molecule has 1 heterocycles. The van der Waals surface area contributed by atoms with E-state index in [1.54, 1.807) is 18.3 Å². The molecule has 0 radical (unpaired) electrons. The first-order valence-corrected chi connectivity index (χ1v) is 12.0. The molecule has 0 atom stereocenters. The molecule has 0 bridgehead atoms. The van der Waals surface area contributed by atoms with E-state index in [9.17, 15) is 14.4 Å². The van der Waals surface area contributed by atoms with Crippen molar-refractivity contribution < 1.29 is 19.1 Å². The van der Waals surface area contributed by atoms with Gasteiger partial charge in [-0.3, -0.25) is 9.59 Å². The lowest BCUT2D eigenvalue weighted by atomic mass is 10.1. The molecule has 176 valence electrons. The topological polar surface area (TPSA) is 97.4 Å². The first-order valence-electron chi connectivity index (χ1n) is 11.0. The monoisotopic (exact) mass is 477 g/mol. The first kappa shape index (κ1) is 25.0. The lowest BCUT2D eigenvalue weighted by Gasteiger charge is -2.09. The summed E-state index contributed by atoms with van der Waals surface area (Å²) in [7, 11) is 0. The predicted octanol–water partition coefficient (Wildman–Crippen LogP) is 3.05. The smallest absolute Gasteiger partial charge is 0.341 e. The molecule has 3 aromatic rings. The number of nitrogens with zero attached hydrogens (tertiary/aromatic N) is 1. The van der Waals surface area contributed by atoms with Gasteiger partial charge in [-0.15, -0.1) is 0 Å². The lowest BCUT2D eigenvalue weighted by molar-refractivity contribution is -0.124. The molecule has 7 nitrogen and oxygen atoms in total. The van der Waals surface area contributed by atoms with Crippen molar-refractivity contribution in [2.45, 2.75) is 17.9 Å². The number of esters is 1. The minimum Gasteiger partial charge on any atom is -0.452 e. The zero-order valence-electron chi connectivity index (χ0n) is 18.7. The number of carbonyl (C=O) groups excluding carboxylic acids is 3. The number of amides is 2. The standard InChI is InChI=1S/C26H27N3O4S/c30-23(27-16-13-20-8-3-1-4-9-20)18-33-26(32)22-12-7-15-29-25(22)34-19-24(31)28-17-14-21-10-5-2-6-11-21/h1-12,15H,13-14,16-19H2,(H,27,30)(H,28,31). The molecule has 3 rings (SSSR count). The lowest BCUT2D eigenvalue weighted by Crippen LogP contribution is -2.30. The molecule has 34 heavy (non-hydrogen) atoms. The largest absolute Gasteiger partial charge is 0.452 e. The Kier molecular flexibility index (Phi) is 10.1. The average molecular weight is 478 g/mol. The van der Waals surface area contributed by atoms with Gasteiger partial charge in [-0.05, 0) is 36.1 Å². The van der Waals surface area contributed by atoms with Crippen molar-refractivity contribution in [3.8, 4) is 0 Å². The molecule has 2 aromatic carbocycles. The van der Waals surface area contributed by atoms with Crippen LogP contribution in [0, 0.1) is 0 Å². The van der Waals surface area contributed by atoms with E-state index in [2.05, 4.69) is 15.6 Å². The van der Waals surface area contributed by atoms with Crippen molar-refractivity contribution in [2.24, 2.45) is 0 Å². The zero-order valence-corrected chi connectivity index (χ0v) is 19.6. The van der Waals surface area contributed by atoms with Gasteiger partial charge in [0.2, 0.25) is 5.91 Å². The molecule has 2 amide bonds. The van der Waals surface area contributed by atoms with Crippen LogP contribution < -0.4 is 10.6 Å². The molecular formula is C26H27N3O4S. The van der Waals surface area contributed by atoms with Crippen LogP contribution in [0.2, 0.25) is 0 Å². The van der Waals surface area contributed by atoms with Crippen LogP contribution >= 0.6 is 11.8 Å². The summed E-state index contributed by atoms with van der Waals surface area (Å²) in [5.41, 5.74) is 2.48. The summed E-state index contributed by atoms with van der Waals surface area (Å²) in [6.07, 6.45) is 2.98. The molecule has 0 unspecified atom stereocenters. The third kappa shape index (κ3) is 8.71. The molecule has 0 fully saturated rings. The van der Waals surface area contributed by atoms with Gasteiger partial charge in [-0.25, -0.2) is 9.78 Å². The van der Waals surface area contributed by atoms with E-state index in [0.29, 0.717) is 24.5 Å². The second-order valence-electron chi connectivity index (χ2n) is 7.39.